The first-order chi connectivity index (χ1) is 5.63. The third-order valence-corrected chi connectivity index (χ3v) is 1.43. The van der Waals surface area contributed by atoms with Gasteiger partial charge in [-0.3, -0.25) is 0 Å². The quantitative estimate of drug-likeness (QED) is 0.477. The Morgan fingerprint density at radius 3 is 2.42 bits per heavy atom. The van der Waals surface area contributed by atoms with Crippen molar-refractivity contribution in [3.05, 3.63) is 11.3 Å². The van der Waals surface area contributed by atoms with Crippen molar-refractivity contribution in [1.29, 1.82) is 0 Å². The molecule has 0 aromatic heterocycles. The van der Waals surface area contributed by atoms with Crippen molar-refractivity contribution in [1.82, 2.24) is 0 Å². The highest BCUT2D eigenvalue weighted by molar-refractivity contribution is 5.86. The standard InChI is InChI=1S/C8H14O4/c1-3-7(12-5-4-9)6(2)8(10)11/h9H,3-5H2,1-2H3,(H,10,11)/b7-6+. The molecule has 0 radical (unpaired) electrons. The highest BCUT2D eigenvalue weighted by Gasteiger charge is 2.08. The molecule has 4 nitrogen and oxygen atoms in total. The number of carbonyl (C=O) groups is 1. The number of carboxylic acids is 1. The van der Waals surface area contributed by atoms with Gasteiger partial charge in [0, 0.05) is 6.42 Å². The Morgan fingerprint density at radius 1 is 1.50 bits per heavy atom. The van der Waals surface area contributed by atoms with Crippen LogP contribution < -0.4 is 0 Å². The maximum Gasteiger partial charge on any atom is 0.334 e. The molecule has 0 aliphatic carbocycles. The minimum absolute atomic E-state index is 0.101. The van der Waals surface area contributed by atoms with Crippen molar-refractivity contribution in [3.8, 4) is 0 Å². The molecule has 0 amide bonds. The molecule has 0 bridgehead atoms. The van der Waals surface area contributed by atoms with Gasteiger partial charge in [0.05, 0.1) is 12.2 Å². The van der Waals surface area contributed by atoms with E-state index >= 15 is 0 Å². The van der Waals surface area contributed by atoms with Crippen LogP contribution in [-0.4, -0.2) is 29.4 Å². The maximum atomic E-state index is 10.5. The van der Waals surface area contributed by atoms with Crippen LogP contribution in [0.2, 0.25) is 0 Å². The number of ether oxygens (including phenoxy) is 1. The second-order valence-electron chi connectivity index (χ2n) is 2.28. The molecule has 0 heterocycles. The van der Waals surface area contributed by atoms with E-state index in [0.717, 1.165) is 0 Å². The number of hydrogen-bond donors (Lipinski definition) is 2. The van der Waals surface area contributed by atoms with Crippen LogP contribution in [-0.2, 0) is 9.53 Å². The van der Waals surface area contributed by atoms with Gasteiger partial charge in [0.25, 0.3) is 0 Å². The monoisotopic (exact) mass is 174 g/mol. The van der Waals surface area contributed by atoms with Crippen molar-refractivity contribution < 1.29 is 19.7 Å². The lowest BCUT2D eigenvalue weighted by atomic mass is 10.2. The van der Waals surface area contributed by atoms with Gasteiger partial charge in [0.15, 0.2) is 0 Å². The van der Waals surface area contributed by atoms with Crippen molar-refractivity contribution in [3.63, 3.8) is 0 Å². The first kappa shape index (κ1) is 11.0. The minimum atomic E-state index is -0.982. The Balaban J connectivity index is 4.28. The molecule has 2 N–H and O–H groups in total. The summed E-state index contributed by atoms with van der Waals surface area (Å²) in [4.78, 5) is 10.5. The highest BCUT2D eigenvalue weighted by atomic mass is 16.5. The molecule has 0 fully saturated rings. The third-order valence-electron chi connectivity index (χ3n) is 1.43. The number of rotatable bonds is 5. The van der Waals surface area contributed by atoms with E-state index in [0.29, 0.717) is 12.2 Å². The summed E-state index contributed by atoms with van der Waals surface area (Å²) >= 11 is 0. The van der Waals surface area contributed by atoms with E-state index in [4.69, 9.17) is 14.9 Å². The molecule has 4 heteroatoms. The zero-order chi connectivity index (χ0) is 9.56. The van der Waals surface area contributed by atoms with E-state index in [1.807, 2.05) is 0 Å². The Labute approximate surface area is 71.5 Å². The molecule has 12 heavy (non-hydrogen) atoms. The fourth-order valence-corrected chi connectivity index (χ4v) is 0.764. The van der Waals surface area contributed by atoms with Gasteiger partial charge in [0.2, 0.25) is 0 Å². The predicted molar refractivity (Wildman–Crippen MR) is 43.7 cm³/mol. The molecule has 0 atom stereocenters. The molecular formula is C8H14O4. The van der Waals surface area contributed by atoms with Gasteiger partial charge >= 0.3 is 5.97 Å². The molecule has 0 aromatic carbocycles. The molecule has 0 aliphatic rings. The summed E-state index contributed by atoms with van der Waals surface area (Å²) in [5, 5.41) is 17.0. The van der Waals surface area contributed by atoms with Gasteiger partial charge in [0.1, 0.15) is 12.4 Å². The van der Waals surface area contributed by atoms with E-state index in [9.17, 15) is 4.79 Å². The second kappa shape index (κ2) is 5.60. The number of hydrogen-bond acceptors (Lipinski definition) is 3. The van der Waals surface area contributed by atoms with Crippen LogP contribution in [0.25, 0.3) is 0 Å². The Hall–Kier alpha value is -1.03. The first-order valence-electron chi connectivity index (χ1n) is 3.80. The topological polar surface area (TPSA) is 66.8 Å². The van der Waals surface area contributed by atoms with Crippen LogP contribution >= 0.6 is 0 Å². The Bertz CT molecular complexity index is 183. The number of aliphatic hydroxyl groups is 1. The van der Waals surface area contributed by atoms with E-state index in [1.165, 1.54) is 6.92 Å². The van der Waals surface area contributed by atoms with Crippen LogP contribution in [0.3, 0.4) is 0 Å². The lowest BCUT2D eigenvalue weighted by Gasteiger charge is -2.08. The van der Waals surface area contributed by atoms with Gasteiger partial charge in [-0.1, -0.05) is 6.92 Å². The summed E-state index contributed by atoms with van der Waals surface area (Å²) in [6.07, 6.45) is 0.526. The summed E-state index contributed by atoms with van der Waals surface area (Å²) in [6.45, 7) is 3.34. The molecule has 0 aliphatic heterocycles. The first-order valence-corrected chi connectivity index (χ1v) is 3.80. The van der Waals surface area contributed by atoms with Gasteiger partial charge in [-0.05, 0) is 6.92 Å². The summed E-state index contributed by atoms with van der Waals surface area (Å²) in [6, 6.07) is 0. The molecule has 0 saturated carbocycles. The average molecular weight is 174 g/mol. The van der Waals surface area contributed by atoms with Crippen LogP contribution in [0.4, 0.5) is 0 Å². The maximum absolute atomic E-state index is 10.5. The lowest BCUT2D eigenvalue weighted by Crippen LogP contribution is -2.06. The average Bonchev–Trinajstić information content (AvgIpc) is 2.05. The lowest BCUT2D eigenvalue weighted by molar-refractivity contribution is -0.132. The molecule has 0 aromatic rings. The largest absolute Gasteiger partial charge is 0.495 e. The summed E-state index contributed by atoms with van der Waals surface area (Å²) in [5.74, 6) is -0.554. The number of aliphatic carboxylic acids is 1. The summed E-state index contributed by atoms with van der Waals surface area (Å²) in [7, 11) is 0. The molecule has 0 saturated heterocycles. The molecule has 0 spiro atoms. The smallest absolute Gasteiger partial charge is 0.334 e. The SMILES string of the molecule is CC/C(OCCO)=C(/C)C(=O)O. The predicted octanol–water partition coefficient (Wildman–Crippen LogP) is 0.764. The van der Waals surface area contributed by atoms with Gasteiger partial charge in [-0.15, -0.1) is 0 Å². The normalized spacial score (nSPS) is 12.2. The van der Waals surface area contributed by atoms with E-state index < -0.39 is 5.97 Å². The summed E-state index contributed by atoms with van der Waals surface area (Å²) < 4.78 is 5.01. The fraction of sp³-hybridized carbons (Fsp3) is 0.625. The van der Waals surface area contributed by atoms with Crippen LogP contribution in [0.15, 0.2) is 11.3 Å². The van der Waals surface area contributed by atoms with Gasteiger partial charge in [-0.25, -0.2) is 4.79 Å². The number of aliphatic hydroxyl groups excluding tert-OH is 1. The minimum Gasteiger partial charge on any atom is -0.495 e. The van der Waals surface area contributed by atoms with Crippen molar-refractivity contribution in [2.24, 2.45) is 0 Å². The van der Waals surface area contributed by atoms with Gasteiger partial charge < -0.3 is 14.9 Å². The van der Waals surface area contributed by atoms with Crippen molar-refractivity contribution in [2.75, 3.05) is 13.2 Å². The van der Waals surface area contributed by atoms with Crippen LogP contribution in [0, 0.1) is 0 Å². The van der Waals surface area contributed by atoms with Crippen LogP contribution in [0.1, 0.15) is 20.3 Å². The Kier molecular flexibility index (Phi) is 5.12. The van der Waals surface area contributed by atoms with Crippen molar-refractivity contribution >= 4 is 5.97 Å². The molecule has 0 unspecified atom stereocenters. The zero-order valence-electron chi connectivity index (χ0n) is 7.33. The summed E-state index contributed by atoms with van der Waals surface area (Å²) in [5.41, 5.74) is 0.200. The number of carboxylic acid groups (broad SMARTS) is 1. The van der Waals surface area contributed by atoms with Gasteiger partial charge in [-0.2, -0.15) is 0 Å². The molecule has 0 rings (SSSR count). The fourth-order valence-electron chi connectivity index (χ4n) is 0.764. The third kappa shape index (κ3) is 3.39. The molecular weight excluding hydrogens is 160 g/mol. The van der Waals surface area contributed by atoms with E-state index in [2.05, 4.69) is 0 Å². The Morgan fingerprint density at radius 2 is 2.08 bits per heavy atom. The van der Waals surface area contributed by atoms with E-state index in [1.54, 1.807) is 6.92 Å². The zero-order valence-corrected chi connectivity index (χ0v) is 7.33. The highest BCUT2D eigenvalue weighted by Crippen LogP contribution is 2.09. The number of allylic oxidation sites excluding steroid dienone is 1. The van der Waals surface area contributed by atoms with Crippen molar-refractivity contribution in [2.45, 2.75) is 20.3 Å². The van der Waals surface area contributed by atoms with Crippen LogP contribution in [0.5, 0.6) is 0 Å². The second-order valence-corrected chi connectivity index (χ2v) is 2.28. The van der Waals surface area contributed by atoms with E-state index in [-0.39, 0.29) is 18.8 Å². The molecule has 70 valence electrons.